The van der Waals surface area contributed by atoms with Crippen molar-refractivity contribution in [2.75, 3.05) is 51.3 Å². The minimum Gasteiger partial charge on any atom is -0.378 e. The number of hydrogen-bond donors (Lipinski definition) is 1. The molecule has 2 aliphatic heterocycles. The van der Waals surface area contributed by atoms with Gasteiger partial charge in [0.05, 0.1) is 36.6 Å². The van der Waals surface area contributed by atoms with Crippen LogP contribution in [0.4, 0.5) is 23.4 Å². The molecular formula is C37H35F4N7O4. The highest BCUT2D eigenvalue weighted by molar-refractivity contribution is 6.07. The van der Waals surface area contributed by atoms with Crippen LogP contribution in [0.1, 0.15) is 50.4 Å². The third kappa shape index (κ3) is 7.12. The van der Waals surface area contributed by atoms with Gasteiger partial charge in [-0.1, -0.05) is 36.4 Å². The Morgan fingerprint density at radius 2 is 1.75 bits per heavy atom. The number of benzene rings is 3. The summed E-state index contributed by atoms with van der Waals surface area (Å²) in [6, 6.07) is 18.5. The van der Waals surface area contributed by atoms with E-state index in [1.165, 1.54) is 44.8 Å². The highest BCUT2D eigenvalue weighted by Gasteiger charge is 2.48. The monoisotopic (exact) mass is 717 g/mol. The van der Waals surface area contributed by atoms with Crippen molar-refractivity contribution in [2.24, 2.45) is 0 Å². The summed E-state index contributed by atoms with van der Waals surface area (Å²) in [6.45, 7) is 3.13. The van der Waals surface area contributed by atoms with Crippen molar-refractivity contribution in [3.05, 3.63) is 113 Å². The van der Waals surface area contributed by atoms with E-state index in [2.05, 4.69) is 5.32 Å². The third-order valence-electron chi connectivity index (χ3n) is 9.33. The summed E-state index contributed by atoms with van der Waals surface area (Å²) in [5, 5.41) is 17.2. The lowest BCUT2D eigenvalue weighted by Crippen LogP contribution is -2.55. The van der Waals surface area contributed by atoms with Crippen LogP contribution in [0.2, 0.25) is 0 Å². The van der Waals surface area contributed by atoms with Crippen molar-refractivity contribution in [1.82, 2.24) is 24.9 Å². The van der Waals surface area contributed by atoms with Crippen LogP contribution in [0.5, 0.6) is 0 Å². The van der Waals surface area contributed by atoms with Gasteiger partial charge in [0.1, 0.15) is 24.2 Å². The van der Waals surface area contributed by atoms with E-state index in [9.17, 15) is 37.2 Å². The number of likely N-dealkylation sites (N-methyl/N-ethyl adjacent to an activating group) is 2. The Morgan fingerprint density at radius 3 is 2.37 bits per heavy atom. The van der Waals surface area contributed by atoms with Crippen molar-refractivity contribution >= 4 is 23.5 Å². The van der Waals surface area contributed by atoms with Crippen molar-refractivity contribution < 1.29 is 36.7 Å². The van der Waals surface area contributed by atoms with Gasteiger partial charge >= 0.3 is 6.18 Å². The van der Waals surface area contributed by atoms with Gasteiger partial charge in [0.15, 0.2) is 5.69 Å². The van der Waals surface area contributed by atoms with Gasteiger partial charge in [-0.05, 0) is 62.0 Å². The average molecular weight is 718 g/mol. The summed E-state index contributed by atoms with van der Waals surface area (Å²) in [6.07, 6.45) is -4.72. The molecule has 2 aliphatic rings. The van der Waals surface area contributed by atoms with E-state index < -0.39 is 47.2 Å². The normalized spacial score (nSPS) is 17.3. The zero-order valence-corrected chi connectivity index (χ0v) is 28.3. The molecule has 4 aromatic rings. The van der Waals surface area contributed by atoms with Gasteiger partial charge in [0, 0.05) is 36.7 Å². The SMILES string of the molecule is CCN1C(=O)[C@@H](NC(=O)c2cccc(C(F)(F)F)c2)[C@@H](c2ccc(F)cc2)c2c(C(=O)N(CC#N)CCN(C)C3COC3)nn(-c3ccccc3)c21. The van der Waals surface area contributed by atoms with E-state index >= 15 is 0 Å². The maximum absolute atomic E-state index is 14.6. The average Bonchev–Trinajstić information content (AvgIpc) is 3.50. The second-order valence-electron chi connectivity index (χ2n) is 12.5. The number of rotatable bonds is 11. The molecule has 6 rings (SSSR count). The molecule has 11 nitrogen and oxygen atoms in total. The summed E-state index contributed by atoms with van der Waals surface area (Å²) >= 11 is 0. The minimum absolute atomic E-state index is 0.0558. The molecule has 0 unspecified atom stereocenters. The first-order valence-electron chi connectivity index (χ1n) is 16.6. The molecule has 15 heteroatoms. The molecule has 52 heavy (non-hydrogen) atoms. The summed E-state index contributed by atoms with van der Waals surface area (Å²) in [4.78, 5) is 47.5. The molecule has 3 aromatic carbocycles. The largest absolute Gasteiger partial charge is 0.416 e. The van der Waals surface area contributed by atoms with Crippen molar-refractivity contribution in [3.63, 3.8) is 0 Å². The number of hydrogen-bond acceptors (Lipinski definition) is 7. The number of nitriles is 1. The van der Waals surface area contributed by atoms with Gasteiger partial charge in [0.2, 0.25) is 0 Å². The number of carbonyl (C=O) groups excluding carboxylic acids is 3. The van der Waals surface area contributed by atoms with Crippen molar-refractivity contribution in [1.29, 1.82) is 5.26 Å². The number of carbonyl (C=O) groups is 3. The van der Waals surface area contributed by atoms with Gasteiger partial charge in [0.25, 0.3) is 17.7 Å². The quantitative estimate of drug-likeness (QED) is 0.178. The predicted molar refractivity (Wildman–Crippen MR) is 181 cm³/mol. The lowest BCUT2D eigenvalue weighted by atomic mass is 9.80. The number of halogens is 4. The van der Waals surface area contributed by atoms with Gasteiger partial charge in [-0.15, -0.1) is 0 Å². The number of alkyl halides is 3. The van der Waals surface area contributed by atoms with Crippen molar-refractivity contribution in [2.45, 2.75) is 31.1 Å². The maximum Gasteiger partial charge on any atom is 0.416 e. The van der Waals surface area contributed by atoms with Crippen LogP contribution in [-0.4, -0.2) is 95.8 Å². The van der Waals surface area contributed by atoms with Crippen LogP contribution in [0.15, 0.2) is 78.9 Å². The Balaban J connectivity index is 1.51. The summed E-state index contributed by atoms with van der Waals surface area (Å²) in [7, 11) is 1.89. The second-order valence-corrected chi connectivity index (χ2v) is 12.5. The molecule has 0 spiro atoms. The minimum atomic E-state index is -4.72. The molecule has 3 amide bonds. The first kappa shape index (κ1) is 36.2. The fourth-order valence-corrected chi connectivity index (χ4v) is 6.42. The Labute approximate surface area is 297 Å². The third-order valence-corrected chi connectivity index (χ3v) is 9.33. The van der Waals surface area contributed by atoms with Crippen LogP contribution in [0.25, 0.3) is 5.69 Å². The van der Waals surface area contributed by atoms with Gasteiger partial charge in [-0.3, -0.25) is 24.2 Å². The molecule has 3 heterocycles. The predicted octanol–water partition coefficient (Wildman–Crippen LogP) is 4.62. The molecule has 0 saturated carbocycles. The number of ether oxygens (including phenoxy) is 1. The zero-order chi connectivity index (χ0) is 37.2. The number of aromatic nitrogens is 2. The van der Waals surface area contributed by atoms with E-state index in [0.717, 1.165) is 12.1 Å². The highest BCUT2D eigenvalue weighted by Crippen LogP contribution is 2.44. The number of nitrogens with zero attached hydrogens (tertiary/aromatic N) is 6. The first-order valence-corrected chi connectivity index (χ1v) is 16.6. The van der Waals surface area contributed by atoms with Gasteiger partial charge in [-0.25, -0.2) is 9.07 Å². The highest BCUT2D eigenvalue weighted by atomic mass is 19.4. The lowest BCUT2D eigenvalue weighted by molar-refractivity contribution is -0.137. The molecule has 0 radical (unpaired) electrons. The van der Waals surface area contributed by atoms with Crippen LogP contribution in [-0.2, 0) is 15.7 Å². The Kier molecular flexibility index (Phi) is 10.4. The van der Waals surface area contributed by atoms with Crippen LogP contribution < -0.4 is 10.2 Å². The zero-order valence-electron chi connectivity index (χ0n) is 28.3. The second kappa shape index (κ2) is 14.9. The van der Waals surface area contributed by atoms with E-state index in [4.69, 9.17) is 9.84 Å². The number of amides is 3. The van der Waals surface area contributed by atoms with Crippen LogP contribution in [0.3, 0.4) is 0 Å². The number of nitrogens with one attached hydrogen (secondary N) is 1. The Morgan fingerprint density at radius 1 is 1.04 bits per heavy atom. The van der Waals surface area contributed by atoms with E-state index in [-0.39, 0.29) is 48.3 Å². The topological polar surface area (TPSA) is 124 Å². The Hall–Kier alpha value is -5.59. The lowest BCUT2D eigenvalue weighted by Gasteiger charge is -2.38. The molecule has 1 fully saturated rings. The maximum atomic E-state index is 14.6. The number of para-hydroxylation sites is 1. The van der Waals surface area contributed by atoms with E-state index in [1.807, 2.05) is 18.0 Å². The van der Waals surface area contributed by atoms with Crippen molar-refractivity contribution in [3.8, 4) is 11.8 Å². The van der Waals surface area contributed by atoms with E-state index in [0.29, 0.717) is 37.1 Å². The fraction of sp³-hybridized carbons (Fsp3) is 0.324. The Bertz CT molecular complexity index is 1990. The van der Waals surface area contributed by atoms with Gasteiger partial charge < -0.3 is 15.0 Å². The molecule has 270 valence electrons. The summed E-state index contributed by atoms with van der Waals surface area (Å²) < 4.78 is 61.8. The summed E-state index contributed by atoms with van der Waals surface area (Å²) in [5.74, 6) is -3.72. The first-order chi connectivity index (χ1) is 24.9. The molecular weight excluding hydrogens is 682 g/mol. The van der Waals surface area contributed by atoms with Crippen LogP contribution in [0, 0.1) is 17.1 Å². The molecule has 1 saturated heterocycles. The van der Waals surface area contributed by atoms with Gasteiger partial charge in [-0.2, -0.15) is 23.5 Å². The fourth-order valence-electron chi connectivity index (χ4n) is 6.42. The van der Waals surface area contributed by atoms with E-state index in [1.54, 1.807) is 37.3 Å². The number of fused-ring (bicyclic) bond motifs is 1. The summed E-state index contributed by atoms with van der Waals surface area (Å²) in [5.41, 5.74) is -0.439. The molecule has 0 aliphatic carbocycles. The molecule has 1 aromatic heterocycles. The molecule has 1 N–H and O–H groups in total. The molecule has 0 bridgehead atoms. The van der Waals surface area contributed by atoms with Crippen LogP contribution >= 0.6 is 0 Å². The molecule has 2 atom stereocenters. The smallest absolute Gasteiger partial charge is 0.378 e. The standard InChI is InChI=1S/C37H35F4N7O4/c1-3-47-34-30(32(44-48(34)27-10-5-4-6-11-27)35(50)46(17-16-42)19-18-45(2)28-21-52-22-28)29(23-12-14-26(38)15-13-23)31(36(47)51)43-33(49)24-8-7-9-25(20-24)37(39,40)41/h4-15,20,28-29,31H,3,17-19,21-22H2,1-2H3,(H,43,49)/t29-,31-/m0/s1. The number of anilines is 1.